The third-order valence-corrected chi connectivity index (χ3v) is 5.48. The average Bonchev–Trinajstić information content (AvgIpc) is 3.11. The van der Waals surface area contributed by atoms with E-state index in [2.05, 4.69) is 49.2 Å². The monoisotopic (exact) mass is 383 g/mol. The summed E-state index contributed by atoms with van der Waals surface area (Å²) in [5.74, 6) is 0. The van der Waals surface area contributed by atoms with E-state index in [9.17, 15) is 0 Å². The molecule has 0 saturated heterocycles. The topological polar surface area (TPSA) is 30.7 Å². The van der Waals surface area contributed by atoms with Crippen molar-refractivity contribution in [2.75, 3.05) is 0 Å². The molecule has 5 rings (SSSR count). The van der Waals surface area contributed by atoms with Crippen LogP contribution in [-0.2, 0) is 0 Å². The van der Waals surface area contributed by atoms with Gasteiger partial charge in [0.05, 0.1) is 16.7 Å². The van der Waals surface area contributed by atoms with E-state index in [1.165, 1.54) is 11.1 Å². The molecule has 2 heterocycles. The van der Waals surface area contributed by atoms with Crippen molar-refractivity contribution in [1.29, 1.82) is 0 Å². The molecule has 0 aliphatic heterocycles. The van der Waals surface area contributed by atoms with Crippen molar-refractivity contribution in [2.24, 2.45) is 0 Å². The second kappa shape index (κ2) is 6.47. The van der Waals surface area contributed by atoms with E-state index < -0.39 is 0 Å². The summed E-state index contributed by atoms with van der Waals surface area (Å²) in [5.41, 5.74) is 7.47. The maximum atomic E-state index is 6.32. The second-order valence-corrected chi connectivity index (χ2v) is 7.51. The van der Waals surface area contributed by atoms with Crippen molar-refractivity contribution in [3.8, 4) is 16.9 Å². The van der Waals surface area contributed by atoms with E-state index >= 15 is 0 Å². The summed E-state index contributed by atoms with van der Waals surface area (Å²) < 4.78 is 2.00. The molecule has 0 N–H and O–H groups in total. The fraction of sp³-hybridized carbons (Fsp3) is 0.0833. The van der Waals surface area contributed by atoms with Gasteiger partial charge in [-0.15, -0.1) is 0 Å². The molecule has 0 bridgehead atoms. The zero-order chi connectivity index (χ0) is 19.3. The van der Waals surface area contributed by atoms with E-state index in [0.29, 0.717) is 5.02 Å². The van der Waals surface area contributed by atoms with Crippen LogP contribution in [0.5, 0.6) is 0 Å². The van der Waals surface area contributed by atoms with Gasteiger partial charge >= 0.3 is 0 Å². The molecule has 0 radical (unpaired) electrons. The van der Waals surface area contributed by atoms with Gasteiger partial charge in [-0.2, -0.15) is 5.10 Å². The molecule has 0 unspecified atom stereocenters. The van der Waals surface area contributed by atoms with Gasteiger partial charge in [-0.3, -0.25) is 4.98 Å². The van der Waals surface area contributed by atoms with E-state index in [1.54, 1.807) is 0 Å². The fourth-order valence-electron chi connectivity index (χ4n) is 3.61. The number of hydrogen-bond donors (Lipinski definition) is 0. The Morgan fingerprint density at radius 1 is 0.821 bits per heavy atom. The van der Waals surface area contributed by atoms with Crippen molar-refractivity contribution in [1.82, 2.24) is 14.8 Å². The van der Waals surface area contributed by atoms with Gasteiger partial charge in [0.15, 0.2) is 0 Å². The van der Waals surface area contributed by atoms with Crippen molar-refractivity contribution >= 4 is 33.4 Å². The van der Waals surface area contributed by atoms with Crippen LogP contribution >= 0.6 is 11.6 Å². The van der Waals surface area contributed by atoms with Gasteiger partial charge in [-0.25, -0.2) is 4.68 Å². The number of benzene rings is 3. The number of para-hydroxylation sites is 1. The van der Waals surface area contributed by atoms with E-state index in [4.69, 9.17) is 16.7 Å². The summed E-state index contributed by atoms with van der Waals surface area (Å²) in [7, 11) is 0. The van der Waals surface area contributed by atoms with Gasteiger partial charge in [0.2, 0.25) is 0 Å². The Bertz CT molecular complexity index is 1340. The highest BCUT2D eigenvalue weighted by Crippen LogP contribution is 2.35. The van der Waals surface area contributed by atoms with Gasteiger partial charge in [0.25, 0.3) is 0 Å². The predicted molar refractivity (Wildman–Crippen MR) is 116 cm³/mol. The van der Waals surface area contributed by atoms with Gasteiger partial charge in [-0.1, -0.05) is 41.9 Å². The Labute approximate surface area is 168 Å². The minimum atomic E-state index is 0.690. The smallest absolute Gasteiger partial charge is 0.102 e. The van der Waals surface area contributed by atoms with Gasteiger partial charge in [0.1, 0.15) is 5.69 Å². The van der Waals surface area contributed by atoms with Crippen LogP contribution in [0.3, 0.4) is 0 Å². The molecule has 0 aliphatic carbocycles. The van der Waals surface area contributed by atoms with Gasteiger partial charge in [-0.05, 0) is 61.4 Å². The number of fused-ring (bicyclic) bond motifs is 3. The maximum Gasteiger partial charge on any atom is 0.102 e. The van der Waals surface area contributed by atoms with Crippen LogP contribution in [0, 0.1) is 13.8 Å². The number of hydrogen-bond acceptors (Lipinski definition) is 2. The summed E-state index contributed by atoms with van der Waals surface area (Å²) >= 11 is 6.32. The number of halogens is 1. The van der Waals surface area contributed by atoms with Crippen LogP contribution in [0.4, 0.5) is 0 Å². The lowest BCUT2D eigenvalue weighted by molar-refractivity contribution is 0.917. The summed E-state index contributed by atoms with van der Waals surface area (Å²) in [6, 6.07) is 22.4. The summed E-state index contributed by atoms with van der Waals surface area (Å²) in [4.78, 5) is 4.67. The molecule has 0 saturated carbocycles. The van der Waals surface area contributed by atoms with Gasteiger partial charge < -0.3 is 0 Å². The third-order valence-electron chi connectivity index (χ3n) is 5.25. The molecular weight excluding hydrogens is 366 g/mol. The number of rotatable bonds is 2. The number of aromatic nitrogens is 3. The van der Waals surface area contributed by atoms with Crippen LogP contribution in [0.2, 0.25) is 5.02 Å². The van der Waals surface area contributed by atoms with Crippen LogP contribution in [-0.4, -0.2) is 14.8 Å². The first-order valence-corrected chi connectivity index (χ1v) is 9.59. The molecule has 4 heteroatoms. The Hall–Kier alpha value is -3.17. The lowest BCUT2D eigenvalue weighted by Crippen LogP contribution is -1.97. The molecule has 0 spiro atoms. The van der Waals surface area contributed by atoms with E-state index in [-0.39, 0.29) is 0 Å². The number of nitrogens with zero attached hydrogens (tertiary/aromatic N) is 3. The molecule has 3 nitrogen and oxygen atoms in total. The molecule has 5 aromatic rings. The Morgan fingerprint density at radius 2 is 1.64 bits per heavy atom. The molecule has 0 aliphatic rings. The van der Waals surface area contributed by atoms with Gasteiger partial charge in [0, 0.05) is 27.6 Å². The predicted octanol–water partition coefficient (Wildman–Crippen LogP) is 6.51. The van der Waals surface area contributed by atoms with E-state index in [1.807, 2.05) is 47.3 Å². The van der Waals surface area contributed by atoms with Crippen molar-refractivity contribution in [2.45, 2.75) is 13.8 Å². The Morgan fingerprint density at radius 3 is 2.43 bits per heavy atom. The van der Waals surface area contributed by atoms with Crippen molar-refractivity contribution in [3.63, 3.8) is 0 Å². The first-order valence-electron chi connectivity index (χ1n) is 9.22. The van der Waals surface area contributed by atoms with Crippen molar-refractivity contribution < 1.29 is 0 Å². The summed E-state index contributed by atoms with van der Waals surface area (Å²) in [6.45, 7) is 4.25. The maximum absolute atomic E-state index is 6.32. The first kappa shape index (κ1) is 17.0. The highest BCUT2D eigenvalue weighted by molar-refractivity contribution is 6.31. The minimum Gasteiger partial charge on any atom is -0.255 e. The molecule has 2 aromatic heterocycles. The largest absolute Gasteiger partial charge is 0.255 e. The fourth-order valence-corrected chi connectivity index (χ4v) is 3.79. The number of pyridine rings is 1. The molecule has 0 fully saturated rings. The normalized spacial score (nSPS) is 11.4. The second-order valence-electron chi connectivity index (χ2n) is 7.08. The Balaban J connectivity index is 1.91. The SMILES string of the molecule is Cc1ccc(-c2nn(-c3ccccc3)c3c2cnc2ccc(Cl)cc23)cc1C. The minimum absolute atomic E-state index is 0.690. The molecule has 28 heavy (non-hydrogen) atoms. The third kappa shape index (κ3) is 2.67. The summed E-state index contributed by atoms with van der Waals surface area (Å²) in [5, 5.41) is 7.72. The van der Waals surface area contributed by atoms with Crippen LogP contribution < -0.4 is 0 Å². The highest BCUT2D eigenvalue weighted by Gasteiger charge is 2.17. The molecule has 0 amide bonds. The van der Waals surface area contributed by atoms with E-state index in [0.717, 1.165) is 38.8 Å². The molecular formula is C24H18ClN3. The molecule has 3 aromatic carbocycles. The lowest BCUT2D eigenvalue weighted by Gasteiger charge is -2.06. The lowest BCUT2D eigenvalue weighted by atomic mass is 10.0. The van der Waals surface area contributed by atoms with Crippen molar-refractivity contribution in [3.05, 3.63) is 89.1 Å². The highest BCUT2D eigenvalue weighted by atomic mass is 35.5. The summed E-state index contributed by atoms with van der Waals surface area (Å²) in [6.07, 6.45) is 1.92. The molecule has 0 atom stereocenters. The zero-order valence-corrected chi connectivity index (χ0v) is 16.4. The average molecular weight is 384 g/mol. The van der Waals surface area contributed by atoms with Crippen LogP contribution in [0.25, 0.3) is 38.8 Å². The number of aryl methyl sites for hydroxylation is 2. The standard InChI is InChI=1S/C24H18ClN3/c1-15-8-9-17(12-16(15)2)23-21-14-26-22-11-10-18(25)13-20(22)24(21)28(27-23)19-6-4-3-5-7-19/h3-14H,1-2H3. The Kier molecular flexibility index (Phi) is 3.92. The quantitative estimate of drug-likeness (QED) is 0.348. The van der Waals surface area contributed by atoms with Crippen LogP contribution in [0.1, 0.15) is 11.1 Å². The van der Waals surface area contributed by atoms with Crippen LogP contribution in [0.15, 0.2) is 72.9 Å². The zero-order valence-electron chi connectivity index (χ0n) is 15.6. The first-order chi connectivity index (χ1) is 13.6. The molecule has 136 valence electrons.